The van der Waals surface area contributed by atoms with Crippen LogP contribution in [-0.4, -0.2) is 32.3 Å². The van der Waals surface area contributed by atoms with Crippen molar-refractivity contribution in [1.82, 2.24) is 4.90 Å². The van der Waals surface area contributed by atoms with Crippen molar-refractivity contribution < 1.29 is 13.2 Å². The highest BCUT2D eigenvalue weighted by atomic mass is 79.9. The van der Waals surface area contributed by atoms with Gasteiger partial charge in [0.15, 0.2) is 0 Å². The molecule has 1 aromatic carbocycles. The quantitative estimate of drug-likeness (QED) is 0.701. The minimum absolute atomic E-state index is 0.129. The van der Waals surface area contributed by atoms with Gasteiger partial charge in [0.25, 0.3) is 15.0 Å². The largest absolute Gasteiger partial charge is 0.339 e. The normalized spacial score (nSPS) is 11.4. The lowest BCUT2D eigenvalue weighted by atomic mass is 10.2. The van der Waals surface area contributed by atoms with Gasteiger partial charge in [-0.1, -0.05) is 18.5 Å². The van der Waals surface area contributed by atoms with Crippen LogP contribution in [0.4, 0.5) is 0 Å². The maximum Gasteiger partial charge on any atom is 0.262 e. The van der Waals surface area contributed by atoms with Crippen molar-refractivity contribution in [2.24, 2.45) is 0 Å². The molecular weight excluding hydrogens is 389 g/mol. The van der Waals surface area contributed by atoms with Crippen molar-refractivity contribution in [2.45, 2.75) is 25.2 Å². The zero-order valence-corrected chi connectivity index (χ0v) is 14.9. The van der Waals surface area contributed by atoms with Crippen LogP contribution in [-0.2, 0) is 9.05 Å². The Morgan fingerprint density at radius 1 is 1.35 bits per heavy atom. The summed E-state index contributed by atoms with van der Waals surface area (Å²) in [6.07, 6.45) is 0.800. The van der Waals surface area contributed by atoms with Crippen LogP contribution in [0.5, 0.6) is 0 Å². The minimum Gasteiger partial charge on any atom is -0.339 e. The second kappa shape index (κ2) is 7.11. The van der Waals surface area contributed by atoms with E-state index in [0.29, 0.717) is 13.1 Å². The fourth-order valence-corrected chi connectivity index (χ4v) is 4.30. The summed E-state index contributed by atoms with van der Waals surface area (Å²) in [6.45, 7) is 4.89. The Labute approximate surface area is 136 Å². The smallest absolute Gasteiger partial charge is 0.262 e. The number of benzene rings is 1. The zero-order chi connectivity index (χ0) is 15.5. The highest BCUT2D eigenvalue weighted by Gasteiger charge is 2.22. The van der Waals surface area contributed by atoms with Gasteiger partial charge in [0, 0.05) is 28.2 Å². The Bertz CT molecular complexity index is 619. The van der Waals surface area contributed by atoms with Gasteiger partial charge in [-0.3, -0.25) is 4.79 Å². The summed E-state index contributed by atoms with van der Waals surface area (Å²) in [5.41, 5.74) is 0.129. The van der Waals surface area contributed by atoms with E-state index in [-0.39, 0.29) is 25.9 Å². The topological polar surface area (TPSA) is 54.5 Å². The van der Waals surface area contributed by atoms with E-state index in [1.54, 1.807) is 4.90 Å². The SMILES string of the molecule is CCCN(CC)C(=O)c1cc(S(=O)(=O)Cl)c(Br)cc1Cl. The molecule has 0 aromatic heterocycles. The first-order valence-corrected chi connectivity index (χ1v) is 9.43. The first-order valence-electron chi connectivity index (χ1n) is 5.95. The molecule has 1 amide bonds. The van der Waals surface area contributed by atoms with Gasteiger partial charge in [0.2, 0.25) is 0 Å². The van der Waals surface area contributed by atoms with E-state index in [1.807, 2.05) is 13.8 Å². The molecule has 0 heterocycles. The number of halogens is 3. The summed E-state index contributed by atoms with van der Waals surface area (Å²) in [7, 11) is 1.39. The molecule has 0 atom stereocenters. The summed E-state index contributed by atoms with van der Waals surface area (Å²) in [5.74, 6) is -0.312. The van der Waals surface area contributed by atoms with Crippen LogP contribution in [0.25, 0.3) is 0 Å². The first-order chi connectivity index (χ1) is 9.22. The molecule has 1 aromatic rings. The van der Waals surface area contributed by atoms with E-state index in [2.05, 4.69) is 15.9 Å². The molecule has 20 heavy (non-hydrogen) atoms. The molecule has 0 bridgehead atoms. The molecule has 0 fully saturated rings. The second-order valence-electron chi connectivity index (χ2n) is 4.09. The monoisotopic (exact) mass is 401 g/mol. The third-order valence-electron chi connectivity index (χ3n) is 2.68. The molecule has 0 saturated carbocycles. The van der Waals surface area contributed by atoms with Crippen LogP contribution in [0.2, 0.25) is 5.02 Å². The fraction of sp³-hybridized carbons (Fsp3) is 0.417. The van der Waals surface area contributed by atoms with Crippen LogP contribution in [0.3, 0.4) is 0 Å². The van der Waals surface area contributed by atoms with Crippen molar-refractivity contribution in [3.8, 4) is 0 Å². The average molecular weight is 403 g/mol. The van der Waals surface area contributed by atoms with Crippen LogP contribution in [0.15, 0.2) is 21.5 Å². The van der Waals surface area contributed by atoms with E-state index in [1.165, 1.54) is 12.1 Å². The maximum atomic E-state index is 12.4. The van der Waals surface area contributed by atoms with Gasteiger partial charge < -0.3 is 4.90 Å². The number of nitrogens with zero attached hydrogens (tertiary/aromatic N) is 1. The van der Waals surface area contributed by atoms with Gasteiger partial charge in [-0.05, 0) is 41.4 Å². The van der Waals surface area contributed by atoms with Crippen LogP contribution in [0, 0.1) is 0 Å². The van der Waals surface area contributed by atoms with Gasteiger partial charge >= 0.3 is 0 Å². The third kappa shape index (κ3) is 4.10. The molecule has 0 radical (unpaired) electrons. The van der Waals surface area contributed by atoms with Crippen LogP contribution < -0.4 is 0 Å². The molecule has 0 N–H and O–H groups in total. The fourth-order valence-electron chi connectivity index (χ4n) is 1.72. The van der Waals surface area contributed by atoms with Crippen LogP contribution in [0.1, 0.15) is 30.6 Å². The Balaban J connectivity index is 3.35. The number of carbonyl (C=O) groups is 1. The number of rotatable bonds is 5. The van der Waals surface area contributed by atoms with E-state index in [0.717, 1.165) is 6.42 Å². The second-order valence-corrected chi connectivity index (χ2v) is 7.88. The summed E-state index contributed by atoms with van der Waals surface area (Å²) < 4.78 is 23.2. The Kier molecular flexibility index (Phi) is 6.31. The number of carbonyl (C=O) groups excluding carboxylic acids is 1. The molecule has 0 unspecified atom stereocenters. The summed E-state index contributed by atoms with van der Waals surface area (Å²) in [4.78, 5) is 13.8. The summed E-state index contributed by atoms with van der Waals surface area (Å²) in [6, 6.07) is 2.57. The predicted octanol–water partition coefficient (Wildman–Crippen LogP) is 3.90. The van der Waals surface area contributed by atoms with E-state index >= 15 is 0 Å². The highest BCUT2D eigenvalue weighted by Crippen LogP contribution is 2.31. The molecule has 8 heteroatoms. The van der Waals surface area contributed by atoms with Crippen molar-refractivity contribution in [2.75, 3.05) is 13.1 Å². The minimum atomic E-state index is -3.96. The Morgan fingerprint density at radius 3 is 2.40 bits per heavy atom. The Morgan fingerprint density at radius 2 is 1.95 bits per heavy atom. The molecule has 0 spiro atoms. The van der Waals surface area contributed by atoms with Gasteiger partial charge in [-0.2, -0.15) is 0 Å². The highest BCUT2D eigenvalue weighted by molar-refractivity contribution is 9.10. The number of amides is 1. The van der Waals surface area contributed by atoms with Crippen molar-refractivity contribution in [3.63, 3.8) is 0 Å². The maximum absolute atomic E-state index is 12.4. The third-order valence-corrected chi connectivity index (χ3v) is 5.27. The van der Waals surface area contributed by atoms with Crippen LogP contribution >= 0.6 is 38.2 Å². The molecule has 0 aliphatic rings. The van der Waals surface area contributed by atoms with E-state index < -0.39 is 9.05 Å². The Hall–Kier alpha value is -0.300. The standard InChI is InChI=1S/C12H14BrCl2NO3S/c1-3-5-16(4-2)12(17)8-6-11(20(15,18)19)9(13)7-10(8)14/h6-7H,3-5H2,1-2H3. The predicted molar refractivity (Wildman–Crippen MR) is 84.1 cm³/mol. The molecule has 0 saturated heterocycles. The molecule has 112 valence electrons. The summed E-state index contributed by atoms with van der Waals surface area (Å²) in [5, 5.41) is 0.181. The number of hydrogen-bond acceptors (Lipinski definition) is 3. The lowest BCUT2D eigenvalue weighted by Crippen LogP contribution is -2.31. The molecule has 1 rings (SSSR count). The van der Waals surface area contributed by atoms with Gasteiger partial charge in [0.05, 0.1) is 15.5 Å². The zero-order valence-electron chi connectivity index (χ0n) is 11.0. The molecular formula is C12H14BrCl2NO3S. The molecule has 4 nitrogen and oxygen atoms in total. The van der Waals surface area contributed by atoms with E-state index in [4.69, 9.17) is 22.3 Å². The van der Waals surface area contributed by atoms with Gasteiger partial charge in [0.1, 0.15) is 0 Å². The van der Waals surface area contributed by atoms with Gasteiger partial charge in [-0.25, -0.2) is 8.42 Å². The summed E-state index contributed by atoms with van der Waals surface area (Å²) >= 11 is 9.11. The van der Waals surface area contributed by atoms with Gasteiger partial charge in [-0.15, -0.1) is 0 Å². The molecule has 0 aliphatic carbocycles. The first kappa shape index (κ1) is 17.8. The lowest BCUT2D eigenvalue weighted by molar-refractivity contribution is 0.0764. The average Bonchev–Trinajstić information content (AvgIpc) is 2.33. The number of hydrogen-bond donors (Lipinski definition) is 0. The van der Waals surface area contributed by atoms with Crippen molar-refractivity contribution >= 4 is 53.2 Å². The van der Waals surface area contributed by atoms with Crippen molar-refractivity contribution in [3.05, 3.63) is 27.2 Å². The lowest BCUT2D eigenvalue weighted by Gasteiger charge is -2.21. The molecule has 0 aliphatic heterocycles. The van der Waals surface area contributed by atoms with E-state index in [9.17, 15) is 13.2 Å². The van der Waals surface area contributed by atoms with Crippen molar-refractivity contribution in [1.29, 1.82) is 0 Å².